The van der Waals surface area contributed by atoms with Crippen LogP contribution in [0.1, 0.15) is 11.1 Å². The Morgan fingerprint density at radius 2 is 2.00 bits per heavy atom. The van der Waals surface area contributed by atoms with Gasteiger partial charge in [-0.1, -0.05) is 42.5 Å². The van der Waals surface area contributed by atoms with Crippen molar-refractivity contribution in [3.63, 3.8) is 0 Å². The van der Waals surface area contributed by atoms with Gasteiger partial charge in [0, 0.05) is 31.6 Å². The molecule has 0 radical (unpaired) electrons. The number of nitrogens with one attached hydrogen (secondary N) is 2. The first-order chi connectivity index (χ1) is 12.8. The lowest BCUT2D eigenvalue weighted by Crippen LogP contribution is -2.42. The van der Waals surface area contributed by atoms with Gasteiger partial charge < -0.3 is 15.4 Å². The van der Waals surface area contributed by atoms with Gasteiger partial charge >= 0.3 is 0 Å². The third-order valence-corrected chi connectivity index (χ3v) is 4.60. The highest BCUT2D eigenvalue weighted by atomic mass is 16.5. The van der Waals surface area contributed by atoms with Crippen LogP contribution in [0, 0.1) is 0 Å². The van der Waals surface area contributed by atoms with Crippen LogP contribution in [0.3, 0.4) is 0 Å². The van der Waals surface area contributed by atoms with Crippen LogP contribution in [0.2, 0.25) is 0 Å². The molecule has 0 saturated carbocycles. The number of aromatic nitrogens is 1. The average Bonchev–Trinajstić information content (AvgIpc) is 3.11. The lowest BCUT2D eigenvalue weighted by Gasteiger charge is -2.16. The fourth-order valence-corrected chi connectivity index (χ4v) is 3.29. The van der Waals surface area contributed by atoms with Crippen LogP contribution in [-0.4, -0.2) is 30.6 Å². The second kappa shape index (κ2) is 7.44. The summed E-state index contributed by atoms with van der Waals surface area (Å²) >= 11 is 0. The van der Waals surface area contributed by atoms with E-state index >= 15 is 0 Å². The van der Waals surface area contributed by atoms with Crippen LogP contribution in [-0.2, 0) is 13.0 Å². The number of aliphatic imine (C=N–C) groups is 1. The third kappa shape index (κ3) is 3.47. The summed E-state index contributed by atoms with van der Waals surface area (Å²) in [7, 11) is 1.78. The number of guanidine groups is 1. The minimum Gasteiger partial charge on any atom is -0.488 e. The Kier molecular flexibility index (Phi) is 4.69. The Balaban J connectivity index is 1.34. The van der Waals surface area contributed by atoms with E-state index in [4.69, 9.17) is 4.74 Å². The van der Waals surface area contributed by atoms with Crippen molar-refractivity contribution in [1.82, 2.24) is 15.6 Å². The lowest BCUT2D eigenvalue weighted by molar-refractivity contribution is 0.235. The molecule has 0 aliphatic carbocycles. The van der Waals surface area contributed by atoms with Gasteiger partial charge in [-0.15, -0.1) is 0 Å². The van der Waals surface area contributed by atoms with Crippen molar-refractivity contribution in [2.45, 2.75) is 19.1 Å². The quantitative estimate of drug-likeness (QED) is 0.563. The van der Waals surface area contributed by atoms with Crippen molar-refractivity contribution < 1.29 is 4.74 Å². The molecule has 1 atom stereocenters. The van der Waals surface area contributed by atoms with Gasteiger partial charge in [-0.2, -0.15) is 0 Å². The van der Waals surface area contributed by atoms with Crippen molar-refractivity contribution in [2.24, 2.45) is 4.99 Å². The second-order valence-electron chi connectivity index (χ2n) is 6.35. The molecular formula is C21H22N4O. The van der Waals surface area contributed by atoms with Crippen LogP contribution in [0.25, 0.3) is 10.9 Å². The molecule has 0 saturated heterocycles. The Morgan fingerprint density at radius 3 is 2.88 bits per heavy atom. The summed E-state index contributed by atoms with van der Waals surface area (Å²) in [6, 6.07) is 18.5. The van der Waals surface area contributed by atoms with E-state index in [0.717, 1.165) is 34.6 Å². The van der Waals surface area contributed by atoms with Crippen molar-refractivity contribution in [3.05, 3.63) is 71.9 Å². The maximum absolute atomic E-state index is 5.97. The van der Waals surface area contributed by atoms with Gasteiger partial charge in [0.05, 0.1) is 12.1 Å². The predicted molar refractivity (Wildman–Crippen MR) is 105 cm³/mol. The first kappa shape index (κ1) is 16.4. The summed E-state index contributed by atoms with van der Waals surface area (Å²) < 4.78 is 5.97. The molecule has 1 aromatic heterocycles. The number of ether oxygens (including phenoxy) is 1. The smallest absolute Gasteiger partial charge is 0.191 e. The Bertz CT molecular complexity index is 908. The van der Waals surface area contributed by atoms with E-state index in [-0.39, 0.29) is 6.10 Å². The molecule has 1 unspecified atom stereocenters. The van der Waals surface area contributed by atoms with Gasteiger partial charge in [-0.3, -0.25) is 9.98 Å². The lowest BCUT2D eigenvalue weighted by atomic mass is 10.1. The van der Waals surface area contributed by atoms with Gasteiger partial charge in [-0.05, 0) is 23.3 Å². The minimum absolute atomic E-state index is 0.130. The average molecular weight is 346 g/mol. The highest BCUT2D eigenvalue weighted by Crippen LogP contribution is 2.27. The molecule has 2 aromatic carbocycles. The number of hydrogen-bond donors (Lipinski definition) is 2. The molecule has 5 heteroatoms. The van der Waals surface area contributed by atoms with E-state index in [1.54, 1.807) is 7.05 Å². The number of para-hydroxylation sites is 2. The maximum atomic E-state index is 5.97. The minimum atomic E-state index is 0.130. The number of fused-ring (bicyclic) bond motifs is 2. The normalized spacial score (nSPS) is 16.2. The van der Waals surface area contributed by atoms with E-state index in [1.807, 2.05) is 24.4 Å². The van der Waals surface area contributed by atoms with Gasteiger partial charge in [-0.25, -0.2) is 0 Å². The first-order valence-electron chi connectivity index (χ1n) is 8.85. The SMILES string of the molecule is CN=C(NCc1cccc2cccnc12)NCC1Cc2ccccc2O1. The van der Waals surface area contributed by atoms with Crippen molar-refractivity contribution >= 4 is 16.9 Å². The van der Waals surface area contributed by atoms with E-state index in [0.29, 0.717) is 13.1 Å². The van der Waals surface area contributed by atoms with Crippen LogP contribution < -0.4 is 15.4 Å². The second-order valence-corrected chi connectivity index (χ2v) is 6.35. The van der Waals surface area contributed by atoms with E-state index in [9.17, 15) is 0 Å². The van der Waals surface area contributed by atoms with Gasteiger partial charge in [0.1, 0.15) is 11.9 Å². The summed E-state index contributed by atoms with van der Waals surface area (Å²) in [5.74, 6) is 1.75. The first-order valence-corrected chi connectivity index (χ1v) is 8.85. The molecule has 0 bridgehead atoms. The van der Waals surface area contributed by atoms with E-state index in [1.165, 1.54) is 5.56 Å². The summed E-state index contributed by atoms with van der Waals surface area (Å²) in [4.78, 5) is 8.81. The maximum Gasteiger partial charge on any atom is 0.191 e. The fraction of sp³-hybridized carbons (Fsp3) is 0.238. The summed E-state index contributed by atoms with van der Waals surface area (Å²) in [6.07, 6.45) is 2.88. The van der Waals surface area contributed by atoms with Gasteiger partial charge in [0.25, 0.3) is 0 Å². The molecule has 2 N–H and O–H groups in total. The van der Waals surface area contributed by atoms with Crippen LogP contribution in [0.15, 0.2) is 65.8 Å². The molecule has 26 heavy (non-hydrogen) atoms. The zero-order chi connectivity index (χ0) is 17.8. The van der Waals surface area contributed by atoms with Gasteiger partial charge in [0.2, 0.25) is 0 Å². The van der Waals surface area contributed by atoms with Crippen molar-refractivity contribution in [3.8, 4) is 5.75 Å². The number of hydrogen-bond acceptors (Lipinski definition) is 3. The largest absolute Gasteiger partial charge is 0.488 e. The van der Waals surface area contributed by atoms with E-state index in [2.05, 4.69) is 57.0 Å². The van der Waals surface area contributed by atoms with Crippen LogP contribution in [0.4, 0.5) is 0 Å². The zero-order valence-electron chi connectivity index (χ0n) is 14.8. The monoisotopic (exact) mass is 346 g/mol. The summed E-state index contributed by atoms with van der Waals surface area (Å²) in [6.45, 7) is 1.38. The molecule has 2 heterocycles. The molecule has 0 amide bonds. The standard InChI is InChI=1S/C21H22N4O/c1-22-21(25-14-18-12-16-6-2-3-10-19(16)26-18)24-13-17-8-4-7-15-9-5-11-23-20(15)17/h2-11,18H,12-14H2,1H3,(H2,22,24,25). The topological polar surface area (TPSA) is 58.5 Å². The number of pyridine rings is 1. The molecular weight excluding hydrogens is 324 g/mol. The molecule has 1 aliphatic rings. The van der Waals surface area contributed by atoms with E-state index < -0.39 is 0 Å². The Labute approximate surface area is 153 Å². The zero-order valence-corrected chi connectivity index (χ0v) is 14.8. The molecule has 3 aromatic rings. The fourth-order valence-electron chi connectivity index (χ4n) is 3.29. The summed E-state index contributed by atoms with van der Waals surface area (Å²) in [5, 5.41) is 7.87. The predicted octanol–water partition coefficient (Wildman–Crippen LogP) is 2.90. The molecule has 0 fully saturated rings. The Hall–Kier alpha value is -3.08. The third-order valence-electron chi connectivity index (χ3n) is 4.60. The highest BCUT2D eigenvalue weighted by Gasteiger charge is 2.22. The number of rotatable bonds is 4. The molecule has 4 rings (SSSR count). The summed E-state index contributed by atoms with van der Waals surface area (Å²) in [5.41, 5.74) is 3.44. The van der Waals surface area contributed by atoms with Gasteiger partial charge in [0.15, 0.2) is 5.96 Å². The molecule has 0 spiro atoms. The molecule has 5 nitrogen and oxygen atoms in total. The van der Waals surface area contributed by atoms with Crippen molar-refractivity contribution in [2.75, 3.05) is 13.6 Å². The molecule has 1 aliphatic heterocycles. The highest BCUT2D eigenvalue weighted by molar-refractivity contribution is 5.83. The number of benzene rings is 2. The Morgan fingerprint density at radius 1 is 1.12 bits per heavy atom. The van der Waals surface area contributed by atoms with Crippen LogP contribution >= 0.6 is 0 Å². The van der Waals surface area contributed by atoms with Crippen molar-refractivity contribution in [1.29, 1.82) is 0 Å². The number of nitrogens with zero attached hydrogens (tertiary/aromatic N) is 2. The van der Waals surface area contributed by atoms with Crippen LogP contribution in [0.5, 0.6) is 5.75 Å². The molecule has 132 valence electrons.